The van der Waals surface area contributed by atoms with Gasteiger partial charge in [-0.25, -0.2) is 5.84 Å². The molecule has 0 saturated carbocycles. The Morgan fingerprint density at radius 1 is 1.65 bits per heavy atom. The summed E-state index contributed by atoms with van der Waals surface area (Å²) >= 11 is 0. The van der Waals surface area contributed by atoms with E-state index in [0.29, 0.717) is 12.2 Å². The first-order chi connectivity index (χ1) is 9.55. The van der Waals surface area contributed by atoms with Crippen molar-refractivity contribution in [3.05, 3.63) is 17.5 Å². The Hall–Kier alpha value is -2.26. The number of hydrazine groups is 1. The molecular weight excluding hydrogens is 266 g/mol. The molecule has 1 aromatic heterocycles. The molecule has 9 heteroatoms. The third kappa shape index (κ3) is 2.83. The maximum absolute atomic E-state index is 11.7. The van der Waals surface area contributed by atoms with E-state index in [2.05, 4.69) is 10.5 Å². The molecule has 1 aromatic rings. The average molecular weight is 281 g/mol. The minimum atomic E-state index is -0.570. The van der Waals surface area contributed by atoms with Crippen molar-refractivity contribution in [2.24, 2.45) is 5.84 Å². The van der Waals surface area contributed by atoms with Crippen molar-refractivity contribution in [3.63, 3.8) is 0 Å². The molecule has 0 bridgehead atoms. The van der Waals surface area contributed by atoms with E-state index in [1.54, 1.807) is 4.90 Å². The van der Waals surface area contributed by atoms with Crippen LogP contribution in [0.3, 0.4) is 0 Å². The SMILES string of the molecule is CCC1C(=O)NC(=O)CN1Cc1cc(C(=O)NN)no1. The lowest BCUT2D eigenvalue weighted by Gasteiger charge is -2.32. The molecule has 0 spiro atoms. The fourth-order valence-electron chi connectivity index (χ4n) is 2.10. The number of nitrogens with one attached hydrogen (secondary N) is 2. The third-order valence-electron chi connectivity index (χ3n) is 3.02. The number of rotatable bonds is 4. The zero-order chi connectivity index (χ0) is 14.7. The quantitative estimate of drug-likeness (QED) is 0.265. The van der Waals surface area contributed by atoms with Crippen molar-refractivity contribution in [1.82, 2.24) is 20.8 Å². The minimum Gasteiger partial charge on any atom is -0.359 e. The van der Waals surface area contributed by atoms with Gasteiger partial charge in [0.15, 0.2) is 11.5 Å². The summed E-state index contributed by atoms with van der Waals surface area (Å²) in [5, 5.41) is 5.84. The van der Waals surface area contributed by atoms with E-state index in [-0.39, 0.29) is 30.6 Å². The zero-order valence-electron chi connectivity index (χ0n) is 10.9. The van der Waals surface area contributed by atoms with Gasteiger partial charge in [0.1, 0.15) is 0 Å². The Labute approximate surface area is 114 Å². The first-order valence-corrected chi connectivity index (χ1v) is 6.09. The van der Waals surface area contributed by atoms with Crippen LogP contribution in [0.4, 0.5) is 0 Å². The van der Waals surface area contributed by atoms with Crippen LogP contribution in [0.15, 0.2) is 10.6 Å². The first-order valence-electron chi connectivity index (χ1n) is 6.09. The Balaban J connectivity index is 2.11. The predicted octanol–water partition coefficient (Wildman–Crippen LogP) is -1.48. The number of hydrogen-bond donors (Lipinski definition) is 3. The van der Waals surface area contributed by atoms with Crippen molar-refractivity contribution in [2.45, 2.75) is 25.9 Å². The number of imide groups is 1. The van der Waals surface area contributed by atoms with E-state index in [0.717, 1.165) is 0 Å². The monoisotopic (exact) mass is 281 g/mol. The predicted molar refractivity (Wildman–Crippen MR) is 65.8 cm³/mol. The maximum Gasteiger partial charge on any atom is 0.287 e. The van der Waals surface area contributed by atoms with Gasteiger partial charge < -0.3 is 4.52 Å². The molecule has 2 rings (SSSR count). The van der Waals surface area contributed by atoms with Gasteiger partial charge in [-0.3, -0.25) is 30.0 Å². The zero-order valence-corrected chi connectivity index (χ0v) is 10.9. The molecule has 1 aliphatic heterocycles. The number of aromatic nitrogens is 1. The highest BCUT2D eigenvalue weighted by atomic mass is 16.5. The van der Waals surface area contributed by atoms with Crippen LogP contribution < -0.4 is 16.6 Å². The number of nitrogens with zero attached hydrogens (tertiary/aromatic N) is 2. The smallest absolute Gasteiger partial charge is 0.287 e. The van der Waals surface area contributed by atoms with E-state index in [4.69, 9.17) is 10.4 Å². The maximum atomic E-state index is 11.7. The summed E-state index contributed by atoms with van der Waals surface area (Å²) < 4.78 is 5.00. The second kappa shape index (κ2) is 5.80. The highest BCUT2D eigenvalue weighted by molar-refractivity contribution is 6.01. The Morgan fingerprint density at radius 3 is 3.05 bits per heavy atom. The number of nitrogen functional groups attached to an aromatic ring is 1. The van der Waals surface area contributed by atoms with Gasteiger partial charge in [0, 0.05) is 6.07 Å². The van der Waals surface area contributed by atoms with Crippen LogP contribution in [-0.4, -0.2) is 40.4 Å². The molecule has 4 N–H and O–H groups in total. The van der Waals surface area contributed by atoms with Crippen LogP contribution in [0, 0.1) is 0 Å². The summed E-state index contributed by atoms with van der Waals surface area (Å²) in [7, 11) is 0. The molecule has 1 unspecified atom stereocenters. The first kappa shape index (κ1) is 14.2. The number of nitrogens with two attached hydrogens (primary N) is 1. The van der Waals surface area contributed by atoms with Crippen molar-refractivity contribution >= 4 is 17.7 Å². The molecule has 1 fully saturated rings. The number of carbonyl (C=O) groups excluding carboxylic acids is 3. The normalized spacial score (nSPS) is 19.8. The van der Waals surface area contributed by atoms with Crippen molar-refractivity contribution in [1.29, 1.82) is 0 Å². The topological polar surface area (TPSA) is 131 Å². The second-order valence-corrected chi connectivity index (χ2v) is 4.39. The molecule has 1 atom stereocenters. The standard InChI is InChI=1S/C11H15N5O4/c1-2-8-11(19)13-9(17)5-16(8)4-6-3-7(15-20-6)10(18)14-12/h3,8H,2,4-5,12H2,1H3,(H,14,18)(H,13,17,19). The Kier molecular flexibility index (Phi) is 4.11. The summed E-state index contributed by atoms with van der Waals surface area (Å²) in [6.45, 7) is 2.15. The fourth-order valence-corrected chi connectivity index (χ4v) is 2.10. The van der Waals surface area contributed by atoms with Crippen LogP contribution >= 0.6 is 0 Å². The summed E-state index contributed by atoms with van der Waals surface area (Å²) in [5.41, 5.74) is 1.98. The van der Waals surface area contributed by atoms with Crippen LogP contribution in [-0.2, 0) is 16.1 Å². The van der Waals surface area contributed by atoms with E-state index in [1.165, 1.54) is 6.07 Å². The molecule has 20 heavy (non-hydrogen) atoms. The molecule has 108 valence electrons. The molecule has 3 amide bonds. The number of hydrogen-bond acceptors (Lipinski definition) is 7. The summed E-state index contributed by atoms with van der Waals surface area (Å²) in [5.74, 6) is 4.11. The minimum absolute atomic E-state index is 0.0448. The largest absolute Gasteiger partial charge is 0.359 e. The van der Waals surface area contributed by atoms with Crippen LogP contribution in [0.1, 0.15) is 29.6 Å². The van der Waals surface area contributed by atoms with E-state index in [9.17, 15) is 14.4 Å². The number of piperazine rings is 1. The lowest BCUT2D eigenvalue weighted by Crippen LogP contribution is -2.57. The molecule has 1 saturated heterocycles. The third-order valence-corrected chi connectivity index (χ3v) is 3.02. The molecule has 9 nitrogen and oxygen atoms in total. The Morgan fingerprint density at radius 2 is 2.40 bits per heavy atom. The van der Waals surface area contributed by atoms with Crippen molar-refractivity contribution in [2.75, 3.05) is 6.54 Å². The molecule has 0 aliphatic carbocycles. The molecule has 0 aromatic carbocycles. The van der Waals surface area contributed by atoms with Gasteiger partial charge in [-0.15, -0.1) is 0 Å². The summed E-state index contributed by atoms with van der Waals surface area (Å²) in [4.78, 5) is 36.0. The highest BCUT2D eigenvalue weighted by Crippen LogP contribution is 2.14. The number of carbonyl (C=O) groups is 3. The average Bonchev–Trinajstić information content (AvgIpc) is 2.86. The molecule has 0 radical (unpaired) electrons. The van der Waals surface area contributed by atoms with Crippen molar-refractivity contribution < 1.29 is 18.9 Å². The van der Waals surface area contributed by atoms with E-state index in [1.807, 2.05) is 12.3 Å². The lowest BCUT2D eigenvalue weighted by molar-refractivity contribution is -0.140. The second-order valence-electron chi connectivity index (χ2n) is 4.39. The highest BCUT2D eigenvalue weighted by Gasteiger charge is 2.33. The van der Waals surface area contributed by atoms with Crippen LogP contribution in [0.25, 0.3) is 0 Å². The van der Waals surface area contributed by atoms with Gasteiger partial charge in [-0.1, -0.05) is 12.1 Å². The van der Waals surface area contributed by atoms with E-state index < -0.39 is 11.9 Å². The van der Waals surface area contributed by atoms with Crippen LogP contribution in [0.5, 0.6) is 0 Å². The van der Waals surface area contributed by atoms with Crippen molar-refractivity contribution in [3.8, 4) is 0 Å². The summed E-state index contributed by atoms with van der Waals surface area (Å²) in [6.07, 6.45) is 0.559. The van der Waals surface area contributed by atoms with Gasteiger partial charge >= 0.3 is 0 Å². The summed E-state index contributed by atoms with van der Waals surface area (Å²) in [6, 6.07) is 1.01. The van der Waals surface area contributed by atoms with Gasteiger partial charge in [0.2, 0.25) is 11.8 Å². The molecule has 2 heterocycles. The van der Waals surface area contributed by atoms with Crippen LogP contribution in [0.2, 0.25) is 0 Å². The Bertz CT molecular complexity index is 541. The van der Waals surface area contributed by atoms with Gasteiger partial charge in [0.25, 0.3) is 5.91 Å². The molecular formula is C11H15N5O4. The molecule has 1 aliphatic rings. The van der Waals surface area contributed by atoms with Gasteiger partial charge in [0.05, 0.1) is 19.1 Å². The van der Waals surface area contributed by atoms with Gasteiger partial charge in [-0.05, 0) is 6.42 Å². The number of amides is 3. The fraction of sp³-hybridized carbons (Fsp3) is 0.455. The lowest BCUT2D eigenvalue weighted by atomic mass is 10.1. The van der Waals surface area contributed by atoms with Gasteiger partial charge in [-0.2, -0.15) is 0 Å². The van der Waals surface area contributed by atoms with E-state index >= 15 is 0 Å².